The van der Waals surface area contributed by atoms with Crippen LogP contribution in [0.3, 0.4) is 0 Å². The Morgan fingerprint density at radius 1 is 1.38 bits per heavy atom. The van der Waals surface area contributed by atoms with Crippen LogP contribution < -0.4 is 4.84 Å². The van der Waals surface area contributed by atoms with Gasteiger partial charge in [0.25, 0.3) is 0 Å². The fourth-order valence-electron chi connectivity index (χ4n) is 1.09. The Morgan fingerprint density at radius 2 is 2.31 bits per heavy atom. The van der Waals surface area contributed by atoms with E-state index in [-0.39, 0.29) is 0 Å². The second-order valence-corrected chi connectivity index (χ2v) is 2.57. The molecule has 0 aliphatic carbocycles. The van der Waals surface area contributed by atoms with Gasteiger partial charge in [0.15, 0.2) is 5.75 Å². The fraction of sp³-hybridized carbons (Fsp3) is 0. The molecule has 0 saturated carbocycles. The third-order valence-corrected chi connectivity index (χ3v) is 1.72. The normalized spacial score (nSPS) is 12.5. The van der Waals surface area contributed by atoms with E-state index in [1.165, 1.54) is 0 Å². The molecule has 1 aromatic carbocycles. The summed E-state index contributed by atoms with van der Waals surface area (Å²) in [4.78, 5) is 5.05. The second kappa shape index (κ2) is 3.11. The van der Waals surface area contributed by atoms with Crippen molar-refractivity contribution in [3.05, 3.63) is 35.4 Å². The number of benzene rings is 1. The number of nitrogens with zero attached hydrogens (tertiary/aromatic N) is 2. The Bertz CT molecular complexity index is 427. The number of fused-ring (bicyclic) bond motifs is 1. The maximum atomic E-state index is 8.65. The van der Waals surface area contributed by atoms with Gasteiger partial charge in [-0.3, -0.25) is 0 Å². The van der Waals surface area contributed by atoms with Crippen LogP contribution in [0.25, 0.3) is 6.08 Å². The van der Waals surface area contributed by atoms with Gasteiger partial charge in [0.1, 0.15) is 0 Å². The molecule has 1 heterocycles. The van der Waals surface area contributed by atoms with Crippen LogP contribution in [0.4, 0.5) is 0 Å². The van der Waals surface area contributed by atoms with Gasteiger partial charge in [-0.2, -0.15) is 5.26 Å². The summed E-state index contributed by atoms with van der Waals surface area (Å²) in [6.45, 7) is 0. The van der Waals surface area contributed by atoms with E-state index in [0.29, 0.717) is 11.3 Å². The smallest absolute Gasteiger partial charge is 0.166 e. The first-order chi connectivity index (χ1) is 6.40. The zero-order valence-electron chi connectivity index (χ0n) is 6.77. The zero-order chi connectivity index (χ0) is 9.10. The first kappa shape index (κ1) is 7.56. The molecule has 13 heavy (non-hydrogen) atoms. The Kier molecular flexibility index (Phi) is 1.81. The monoisotopic (exact) mass is 170 g/mol. The van der Waals surface area contributed by atoms with E-state index < -0.39 is 0 Å². The largest absolute Gasteiger partial charge is 0.356 e. The summed E-state index contributed by atoms with van der Waals surface area (Å²) in [6.07, 6.45) is 5.23. The predicted molar refractivity (Wildman–Crippen MR) is 49.3 cm³/mol. The van der Waals surface area contributed by atoms with E-state index in [1.807, 2.05) is 18.2 Å². The Balaban J connectivity index is 2.53. The SMILES string of the molecule is N#Cc1ccc2c(c1)ON=CC=C2. The number of hydrogen-bond donors (Lipinski definition) is 0. The molecule has 1 aliphatic rings. The van der Waals surface area contributed by atoms with E-state index in [2.05, 4.69) is 5.16 Å². The maximum Gasteiger partial charge on any atom is 0.166 e. The van der Waals surface area contributed by atoms with Crippen molar-refractivity contribution < 1.29 is 4.84 Å². The lowest BCUT2D eigenvalue weighted by molar-refractivity contribution is 0.344. The number of hydrogen-bond acceptors (Lipinski definition) is 3. The van der Waals surface area contributed by atoms with Gasteiger partial charge in [-0.15, -0.1) is 0 Å². The van der Waals surface area contributed by atoms with Gasteiger partial charge in [0.05, 0.1) is 17.8 Å². The molecule has 62 valence electrons. The summed E-state index contributed by atoms with van der Waals surface area (Å²) in [5.74, 6) is 0.615. The van der Waals surface area contributed by atoms with Crippen LogP contribution >= 0.6 is 0 Å². The van der Waals surface area contributed by atoms with Gasteiger partial charge in [-0.25, -0.2) is 0 Å². The number of allylic oxidation sites excluding steroid dienone is 1. The lowest BCUT2D eigenvalue weighted by atomic mass is 10.1. The molecule has 0 bridgehead atoms. The molecule has 1 aromatic rings. The molecule has 0 saturated heterocycles. The summed E-state index contributed by atoms with van der Waals surface area (Å²) in [5, 5.41) is 12.3. The van der Waals surface area contributed by atoms with Crippen molar-refractivity contribution in [2.24, 2.45) is 5.16 Å². The summed E-state index contributed by atoms with van der Waals surface area (Å²) < 4.78 is 0. The summed E-state index contributed by atoms with van der Waals surface area (Å²) >= 11 is 0. The molecule has 0 aromatic heterocycles. The van der Waals surface area contributed by atoms with Crippen molar-refractivity contribution in [1.29, 1.82) is 5.26 Å². The molecule has 0 fully saturated rings. The van der Waals surface area contributed by atoms with Gasteiger partial charge < -0.3 is 4.84 Å². The first-order valence-electron chi connectivity index (χ1n) is 3.81. The summed E-state index contributed by atoms with van der Waals surface area (Å²) in [5.41, 5.74) is 1.50. The zero-order valence-corrected chi connectivity index (χ0v) is 6.77. The van der Waals surface area contributed by atoms with Gasteiger partial charge in [0, 0.05) is 11.6 Å². The molecular weight excluding hydrogens is 164 g/mol. The quantitative estimate of drug-likeness (QED) is 0.597. The third kappa shape index (κ3) is 1.42. The average molecular weight is 170 g/mol. The predicted octanol–water partition coefficient (Wildman–Crippen LogP) is 1.95. The number of rotatable bonds is 0. The fourth-order valence-corrected chi connectivity index (χ4v) is 1.09. The minimum Gasteiger partial charge on any atom is -0.356 e. The van der Waals surface area contributed by atoms with E-state index in [4.69, 9.17) is 10.1 Å². The molecular formula is C10H6N2O. The van der Waals surface area contributed by atoms with Gasteiger partial charge in [0.2, 0.25) is 0 Å². The van der Waals surface area contributed by atoms with Crippen molar-refractivity contribution in [2.75, 3.05) is 0 Å². The third-order valence-electron chi connectivity index (χ3n) is 1.72. The van der Waals surface area contributed by atoms with Crippen molar-refractivity contribution in [3.8, 4) is 11.8 Å². The van der Waals surface area contributed by atoms with E-state index >= 15 is 0 Å². The van der Waals surface area contributed by atoms with Crippen LogP contribution in [0.1, 0.15) is 11.1 Å². The van der Waals surface area contributed by atoms with Gasteiger partial charge >= 0.3 is 0 Å². The second-order valence-electron chi connectivity index (χ2n) is 2.57. The van der Waals surface area contributed by atoms with Crippen LogP contribution in [-0.4, -0.2) is 6.21 Å². The highest BCUT2D eigenvalue weighted by atomic mass is 16.6. The van der Waals surface area contributed by atoms with E-state index in [0.717, 1.165) is 5.56 Å². The van der Waals surface area contributed by atoms with Crippen molar-refractivity contribution in [2.45, 2.75) is 0 Å². The van der Waals surface area contributed by atoms with Crippen molar-refractivity contribution >= 4 is 12.3 Å². The minimum absolute atomic E-state index is 0.573. The molecule has 2 rings (SSSR count). The highest BCUT2D eigenvalue weighted by molar-refractivity contribution is 5.80. The lowest BCUT2D eigenvalue weighted by Gasteiger charge is -2.00. The van der Waals surface area contributed by atoms with Crippen molar-refractivity contribution in [1.82, 2.24) is 0 Å². The molecule has 3 heteroatoms. The molecule has 0 N–H and O–H groups in total. The molecule has 3 nitrogen and oxygen atoms in total. The molecule has 0 amide bonds. The number of nitriles is 1. The van der Waals surface area contributed by atoms with E-state index in [1.54, 1.807) is 24.4 Å². The highest BCUT2D eigenvalue weighted by Crippen LogP contribution is 2.22. The topological polar surface area (TPSA) is 45.4 Å². The van der Waals surface area contributed by atoms with E-state index in [9.17, 15) is 0 Å². The highest BCUT2D eigenvalue weighted by Gasteiger charge is 2.03. The molecule has 0 spiro atoms. The summed E-state index contributed by atoms with van der Waals surface area (Å²) in [7, 11) is 0. The van der Waals surface area contributed by atoms with Crippen LogP contribution in [0.15, 0.2) is 29.4 Å². The Hall–Kier alpha value is -2.08. The molecule has 0 atom stereocenters. The van der Waals surface area contributed by atoms with Crippen LogP contribution in [0.5, 0.6) is 5.75 Å². The molecule has 0 radical (unpaired) electrons. The minimum atomic E-state index is 0.573. The van der Waals surface area contributed by atoms with Crippen LogP contribution in [0, 0.1) is 11.3 Å². The Morgan fingerprint density at radius 3 is 3.15 bits per heavy atom. The maximum absolute atomic E-state index is 8.65. The summed E-state index contributed by atoms with van der Waals surface area (Å²) in [6, 6.07) is 7.29. The van der Waals surface area contributed by atoms with Gasteiger partial charge in [-0.05, 0) is 24.3 Å². The van der Waals surface area contributed by atoms with Crippen molar-refractivity contribution in [3.63, 3.8) is 0 Å². The van der Waals surface area contributed by atoms with Crippen LogP contribution in [-0.2, 0) is 0 Å². The Labute approximate surface area is 75.6 Å². The molecule has 0 unspecified atom stereocenters. The lowest BCUT2D eigenvalue weighted by Crippen LogP contribution is -1.86. The average Bonchev–Trinajstić information content (AvgIpc) is 2.41. The molecule has 1 aliphatic heterocycles. The first-order valence-corrected chi connectivity index (χ1v) is 3.81. The van der Waals surface area contributed by atoms with Crippen LogP contribution in [0.2, 0.25) is 0 Å². The standard InChI is InChI=1S/C10H6N2O/c11-7-8-3-4-9-2-1-5-12-13-10(9)6-8/h1-6H. The van der Waals surface area contributed by atoms with Gasteiger partial charge in [-0.1, -0.05) is 5.16 Å². The number of oxime groups is 1.